The second-order valence-electron chi connectivity index (χ2n) is 4.69. The first-order chi connectivity index (χ1) is 8.78. The molecule has 1 heterocycles. The van der Waals surface area contributed by atoms with Crippen LogP contribution in [0.3, 0.4) is 0 Å². The molecule has 0 radical (unpaired) electrons. The summed E-state index contributed by atoms with van der Waals surface area (Å²) in [5.41, 5.74) is 1.12. The molecule has 18 heavy (non-hydrogen) atoms. The molecule has 100 valence electrons. The third kappa shape index (κ3) is 4.07. The van der Waals surface area contributed by atoms with Gasteiger partial charge in [-0.3, -0.25) is 0 Å². The predicted octanol–water partition coefficient (Wildman–Crippen LogP) is 1.10. The summed E-state index contributed by atoms with van der Waals surface area (Å²) in [7, 11) is 0. The lowest BCUT2D eigenvalue weighted by molar-refractivity contribution is -0.135. The lowest BCUT2D eigenvalue weighted by Crippen LogP contribution is -2.39. The minimum atomic E-state index is -0.402. The average Bonchev–Trinajstić information content (AvgIpc) is 2.39. The highest BCUT2D eigenvalue weighted by Gasteiger charge is 2.27. The molecule has 3 atom stereocenters. The van der Waals surface area contributed by atoms with E-state index in [1.165, 1.54) is 0 Å². The van der Waals surface area contributed by atoms with Crippen LogP contribution in [-0.2, 0) is 16.1 Å². The topological polar surface area (TPSA) is 58.9 Å². The molecule has 0 aromatic heterocycles. The summed E-state index contributed by atoms with van der Waals surface area (Å²) in [6.07, 6.45) is 0.284. The summed E-state index contributed by atoms with van der Waals surface area (Å²) in [5.74, 6) is 0. The molecule has 1 aliphatic heterocycles. The van der Waals surface area contributed by atoms with E-state index < -0.39 is 6.10 Å². The van der Waals surface area contributed by atoms with Crippen molar-refractivity contribution >= 4 is 0 Å². The molecular formula is C14H20O4. The van der Waals surface area contributed by atoms with Crippen LogP contribution in [0.4, 0.5) is 0 Å². The van der Waals surface area contributed by atoms with Gasteiger partial charge in [-0.05, 0) is 5.56 Å². The average molecular weight is 252 g/mol. The molecule has 0 spiro atoms. The minimum Gasteiger partial charge on any atom is -0.394 e. The summed E-state index contributed by atoms with van der Waals surface area (Å²) in [5, 5.41) is 18.7. The smallest absolute Gasteiger partial charge is 0.0838 e. The van der Waals surface area contributed by atoms with E-state index >= 15 is 0 Å². The van der Waals surface area contributed by atoms with E-state index in [4.69, 9.17) is 14.6 Å². The third-order valence-corrected chi connectivity index (χ3v) is 3.07. The van der Waals surface area contributed by atoms with E-state index in [9.17, 15) is 5.11 Å². The van der Waals surface area contributed by atoms with Gasteiger partial charge >= 0.3 is 0 Å². The van der Waals surface area contributed by atoms with Crippen LogP contribution < -0.4 is 0 Å². The van der Waals surface area contributed by atoms with E-state index in [0.29, 0.717) is 26.1 Å². The Morgan fingerprint density at radius 1 is 1.17 bits per heavy atom. The Labute approximate surface area is 107 Å². The molecule has 1 aromatic carbocycles. The standard InChI is InChI=1S/C14H20O4/c15-8-13-6-12(16)7-14(18-13)10-17-9-11-4-2-1-3-5-11/h1-5,12-16H,6-10H2. The highest BCUT2D eigenvalue weighted by atomic mass is 16.5. The molecular weight excluding hydrogens is 232 g/mol. The maximum absolute atomic E-state index is 9.65. The normalized spacial score (nSPS) is 28.2. The second-order valence-corrected chi connectivity index (χ2v) is 4.69. The zero-order chi connectivity index (χ0) is 12.8. The van der Waals surface area contributed by atoms with Gasteiger partial charge in [0.25, 0.3) is 0 Å². The number of aliphatic hydroxyl groups is 2. The van der Waals surface area contributed by atoms with Crippen LogP contribution in [0.2, 0.25) is 0 Å². The Morgan fingerprint density at radius 3 is 2.61 bits per heavy atom. The molecule has 0 bridgehead atoms. The lowest BCUT2D eigenvalue weighted by atomic mass is 10.0. The fraction of sp³-hybridized carbons (Fsp3) is 0.571. The van der Waals surface area contributed by atoms with E-state index in [-0.39, 0.29) is 18.8 Å². The molecule has 1 saturated heterocycles. The van der Waals surface area contributed by atoms with Gasteiger partial charge in [0.15, 0.2) is 0 Å². The largest absolute Gasteiger partial charge is 0.394 e. The highest BCUT2D eigenvalue weighted by Crippen LogP contribution is 2.20. The van der Waals surface area contributed by atoms with E-state index in [1.807, 2.05) is 30.3 Å². The summed E-state index contributed by atoms with van der Waals surface area (Å²) >= 11 is 0. The summed E-state index contributed by atoms with van der Waals surface area (Å²) in [6, 6.07) is 9.93. The van der Waals surface area contributed by atoms with Crippen molar-refractivity contribution in [2.75, 3.05) is 13.2 Å². The maximum atomic E-state index is 9.65. The summed E-state index contributed by atoms with van der Waals surface area (Å²) in [6.45, 7) is 0.940. The van der Waals surface area contributed by atoms with Gasteiger partial charge < -0.3 is 19.7 Å². The SMILES string of the molecule is OCC1CC(O)CC(COCc2ccccc2)O1. The molecule has 0 aliphatic carbocycles. The molecule has 4 heteroatoms. The number of aliphatic hydroxyl groups excluding tert-OH is 2. The van der Waals surface area contributed by atoms with Gasteiger partial charge in [-0.25, -0.2) is 0 Å². The van der Waals surface area contributed by atoms with E-state index in [0.717, 1.165) is 5.56 Å². The molecule has 2 N–H and O–H groups in total. The Bertz CT molecular complexity index is 341. The lowest BCUT2D eigenvalue weighted by Gasteiger charge is -2.32. The first-order valence-electron chi connectivity index (χ1n) is 6.34. The minimum absolute atomic E-state index is 0.0494. The molecule has 2 rings (SSSR count). The zero-order valence-corrected chi connectivity index (χ0v) is 10.4. The fourth-order valence-corrected chi connectivity index (χ4v) is 2.19. The fourth-order valence-electron chi connectivity index (χ4n) is 2.19. The van der Waals surface area contributed by atoms with Crippen molar-refractivity contribution in [1.29, 1.82) is 0 Å². The number of ether oxygens (including phenoxy) is 2. The Hall–Kier alpha value is -0.940. The number of rotatable bonds is 5. The quantitative estimate of drug-likeness (QED) is 0.824. The zero-order valence-electron chi connectivity index (χ0n) is 10.4. The van der Waals surface area contributed by atoms with Gasteiger partial charge in [0.1, 0.15) is 0 Å². The van der Waals surface area contributed by atoms with Crippen molar-refractivity contribution in [1.82, 2.24) is 0 Å². The van der Waals surface area contributed by atoms with Gasteiger partial charge in [0.2, 0.25) is 0 Å². The van der Waals surface area contributed by atoms with Crippen LogP contribution in [0, 0.1) is 0 Å². The van der Waals surface area contributed by atoms with Crippen molar-refractivity contribution in [3.63, 3.8) is 0 Å². The second kappa shape index (κ2) is 6.85. The van der Waals surface area contributed by atoms with Gasteiger partial charge in [-0.1, -0.05) is 30.3 Å². The van der Waals surface area contributed by atoms with Crippen LogP contribution in [0.5, 0.6) is 0 Å². The molecule has 0 amide bonds. The molecule has 0 saturated carbocycles. The summed E-state index contributed by atoms with van der Waals surface area (Å²) < 4.78 is 11.2. The Morgan fingerprint density at radius 2 is 1.89 bits per heavy atom. The highest BCUT2D eigenvalue weighted by molar-refractivity contribution is 5.13. The Kier molecular flexibility index (Phi) is 5.13. The van der Waals surface area contributed by atoms with Crippen LogP contribution in [0.1, 0.15) is 18.4 Å². The van der Waals surface area contributed by atoms with Crippen molar-refractivity contribution in [3.05, 3.63) is 35.9 Å². The maximum Gasteiger partial charge on any atom is 0.0838 e. The molecule has 1 aliphatic rings. The molecule has 1 aromatic rings. The third-order valence-electron chi connectivity index (χ3n) is 3.07. The van der Waals surface area contributed by atoms with Crippen LogP contribution >= 0.6 is 0 Å². The number of hydrogen-bond donors (Lipinski definition) is 2. The van der Waals surface area contributed by atoms with Crippen LogP contribution in [-0.4, -0.2) is 41.7 Å². The first kappa shape index (κ1) is 13.5. The van der Waals surface area contributed by atoms with Crippen molar-refractivity contribution in [2.45, 2.75) is 37.8 Å². The predicted molar refractivity (Wildman–Crippen MR) is 67.1 cm³/mol. The van der Waals surface area contributed by atoms with Gasteiger partial charge in [0.05, 0.1) is 38.1 Å². The first-order valence-corrected chi connectivity index (χ1v) is 6.34. The molecule has 1 fully saturated rings. The number of benzene rings is 1. The number of hydrogen-bond acceptors (Lipinski definition) is 4. The molecule has 4 nitrogen and oxygen atoms in total. The summed E-state index contributed by atoms with van der Waals surface area (Å²) in [4.78, 5) is 0. The van der Waals surface area contributed by atoms with Gasteiger partial charge in [-0.2, -0.15) is 0 Å². The van der Waals surface area contributed by atoms with Crippen LogP contribution in [0.25, 0.3) is 0 Å². The van der Waals surface area contributed by atoms with Gasteiger partial charge in [0, 0.05) is 12.8 Å². The van der Waals surface area contributed by atoms with E-state index in [1.54, 1.807) is 0 Å². The Balaban J connectivity index is 1.73. The van der Waals surface area contributed by atoms with Crippen LogP contribution in [0.15, 0.2) is 30.3 Å². The molecule has 3 unspecified atom stereocenters. The van der Waals surface area contributed by atoms with Crippen molar-refractivity contribution in [2.24, 2.45) is 0 Å². The van der Waals surface area contributed by atoms with E-state index in [2.05, 4.69) is 0 Å². The van der Waals surface area contributed by atoms with Crippen molar-refractivity contribution < 1.29 is 19.7 Å². The monoisotopic (exact) mass is 252 g/mol. The van der Waals surface area contributed by atoms with Gasteiger partial charge in [-0.15, -0.1) is 0 Å². The van der Waals surface area contributed by atoms with Crippen molar-refractivity contribution in [3.8, 4) is 0 Å².